The van der Waals surface area contributed by atoms with Gasteiger partial charge in [0.05, 0.1) is 22.9 Å². The molecule has 3 rings (SSSR count). The number of pyridine rings is 1. The van der Waals surface area contributed by atoms with Crippen LogP contribution in [0.1, 0.15) is 16.7 Å². The molecule has 0 saturated carbocycles. The van der Waals surface area contributed by atoms with Gasteiger partial charge in [0, 0.05) is 23.5 Å². The molecule has 114 valence electrons. The number of rotatable bonds is 1. The van der Waals surface area contributed by atoms with Crippen LogP contribution in [0.3, 0.4) is 0 Å². The summed E-state index contributed by atoms with van der Waals surface area (Å²) in [6, 6.07) is 12.7. The summed E-state index contributed by atoms with van der Waals surface area (Å²) >= 11 is 0. The van der Waals surface area contributed by atoms with Gasteiger partial charge in [-0.2, -0.15) is 10.2 Å². The molecule has 1 aromatic carbocycles. The average molecular weight is 312 g/mol. The molecule has 4 N–H and O–H groups in total. The highest BCUT2D eigenvalue weighted by atomic mass is 15.0. The highest BCUT2D eigenvalue weighted by Gasteiger charge is 2.12. The maximum Gasteiger partial charge on any atom is 0.222 e. The number of hydrogen-bond donors (Lipinski definition) is 2. The van der Waals surface area contributed by atoms with E-state index >= 15 is 0 Å². The van der Waals surface area contributed by atoms with Gasteiger partial charge in [-0.1, -0.05) is 24.0 Å². The van der Waals surface area contributed by atoms with Crippen molar-refractivity contribution >= 4 is 11.8 Å². The molecule has 2 aromatic heterocycles. The summed E-state index contributed by atoms with van der Waals surface area (Å²) in [4.78, 5) is 12.2. The number of benzene rings is 1. The maximum atomic E-state index is 9.07. The smallest absolute Gasteiger partial charge is 0.222 e. The van der Waals surface area contributed by atoms with Crippen molar-refractivity contribution in [3.8, 4) is 29.2 Å². The second-order valence-electron chi connectivity index (χ2n) is 4.87. The summed E-state index contributed by atoms with van der Waals surface area (Å²) < 4.78 is 0. The Labute approximate surface area is 138 Å². The summed E-state index contributed by atoms with van der Waals surface area (Å²) in [5.41, 5.74) is 14.6. The predicted octanol–water partition coefficient (Wildman–Crippen LogP) is 1.97. The first-order valence-corrected chi connectivity index (χ1v) is 7.03. The van der Waals surface area contributed by atoms with Crippen LogP contribution in [0.2, 0.25) is 0 Å². The van der Waals surface area contributed by atoms with Gasteiger partial charge in [-0.15, -0.1) is 0 Å². The largest absolute Gasteiger partial charge is 0.382 e. The zero-order valence-corrected chi connectivity index (χ0v) is 12.6. The van der Waals surface area contributed by atoms with E-state index in [1.807, 2.05) is 12.1 Å². The number of nitrogen functional groups attached to an aromatic ring is 2. The zero-order valence-electron chi connectivity index (χ0n) is 12.6. The zero-order chi connectivity index (χ0) is 16.9. The fourth-order valence-electron chi connectivity index (χ4n) is 2.14. The van der Waals surface area contributed by atoms with Gasteiger partial charge in [-0.3, -0.25) is 4.98 Å². The first-order valence-electron chi connectivity index (χ1n) is 7.03. The lowest BCUT2D eigenvalue weighted by atomic mass is 10.0. The Morgan fingerprint density at radius 1 is 0.958 bits per heavy atom. The van der Waals surface area contributed by atoms with E-state index in [0.717, 1.165) is 5.56 Å². The van der Waals surface area contributed by atoms with Crippen LogP contribution in [-0.2, 0) is 0 Å². The number of hydrogen-bond acceptors (Lipinski definition) is 6. The molecule has 0 saturated heterocycles. The van der Waals surface area contributed by atoms with Crippen molar-refractivity contribution in [1.29, 1.82) is 5.26 Å². The fourth-order valence-corrected chi connectivity index (χ4v) is 2.14. The SMILES string of the molecule is N#Cc1cccc(-c2nc(N)nc(N)c2C#Cc2cccnc2)c1. The van der Waals surface area contributed by atoms with Gasteiger partial charge in [-0.25, -0.2) is 4.98 Å². The molecule has 0 aliphatic carbocycles. The van der Waals surface area contributed by atoms with Crippen molar-refractivity contribution in [2.24, 2.45) is 0 Å². The summed E-state index contributed by atoms with van der Waals surface area (Å²) in [7, 11) is 0. The molecule has 6 heteroatoms. The maximum absolute atomic E-state index is 9.07. The second kappa shape index (κ2) is 6.47. The monoisotopic (exact) mass is 312 g/mol. The van der Waals surface area contributed by atoms with Crippen LogP contribution in [0.15, 0.2) is 48.8 Å². The van der Waals surface area contributed by atoms with E-state index in [2.05, 4.69) is 32.9 Å². The van der Waals surface area contributed by atoms with E-state index in [-0.39, 0.29) is 11.8 Å². The first-order chi connectivity index (χ1) is 11.7. The molecule has 0 atom stereocenters. The molecule has 6 nitrogen and oxygen atoms in total. The van der Waals surface area contributed by atoms with E-state index in [1.165, 1.54) is 0 Å². The van der Waals surface area contributed by atoms with Crippen LogP contribution in [0.25, 0.3) is 11.3 Å². The third-order valence-corrected chi connectivity index (χ3v) is 3.21. The van der Waals surface area contributed by atoms with Gasteiger partial charge in [0.1, 0.15) is 5.82 Å². The van der Waals surface area contributed by atoms with Gasteiger partial charge in [0.15, 0.2) is 0 Å². The van der Waals surface area contributed by atoms with Crippen molar-refractivity contribution < 1.29 is 0 Å². The van der Waals surface area contributed by atoms with E-state index < -0.39 is 0 Å². The van der Waals surface area contributed by atoms with Crippen LogP contribution < -0.4 is 11.5 Å². The number of nitrogens with zero attached hydrogens (tertiary/aromatic N) is 4. The van der Waals surface area contributed by atoms with Gasteiger partial charge < -0.3 is 11.5 Å². The number of aromatic nitrogens is 3. The summed E-state index contributed by atoms with van der Waals surface area (Å²) in [5, 5.41) is 9.07. The molecule has 0 spiro atoms. The predicted molar refractivity (Wildman–Crippen MR) is 91.2 cm³/mol. The fraction of sp³-hybridized carbons (Fsp3) is 0. The third kappa shape index (κ3) is 3.13. The highest BCUT2D eigenvalue weighted by molar-refractivity contribution is 5.75. The number of nitriles is 1. The molecular formula is C18H12N6. The molecule has 0 aliphatic rings. The Kier molecular flexibility index (Phi) is 4.05. The van der Waals surface area contributed by atoms with Crippen LogP contribution in [0.5, 0.6) is 0 Å². The van der Waals surface area contributed by atoms with Gasteiger partial charge in [0.25, 0.3) is 0 Å². The Balaban J connectivity index is 2.16. The molecule has 0 bridgehead atoms. The van der Waals surface area contributed by atoms with Gasteiger partial charge in [0.2, 0.25) is 5.95 Å². The molecule has 24 heavy (non-hydrogen) atoms. The minimum absolute atomic E-state index is 0.0526. The number of nitrogens with two attached hydrogens (primary N) is 2. The molecule has 0 unspecified atom stereocenters. The number of anilines is 2. The van der Waals surface area contributed by atoms with Crippen molar-refractivity contribution in [3.05, 3.63) is 65.5 Å². The molecule has 0 aliphatic heterocycles. The van der Waals surface area contributed by atoms with Crippen LogP contribution in [0, 0.1) is 23.2 Å². The molecule has 0 radical (unpaired) electrons. The van der Waals surface area contributed by atoms with Crippen molar-refractivity contribution in [1.82, 2.24) is 15.0 Å². The lowest BCUT2D eigenvalue weighted by molar-refractivity contribution is 1.19. The topological polar surface area (TPSA) is 114 Å². The van der Waals surface area contributed by atoms with Crippen LogP contribution in [-0.4, -0.2) is 15.0 Å². The normalized spacial score (nSPS) is 9.62. The van der Waals surface area contributed by atoms with Crippen molar-refractivity contribution in [3.63, 3.8) is 0 Å². The van der Waals surface area contributed by atoms with E-state index in [1.54, 1.807) is 36.7 Å². The highest BCUT2D eigenvalue weighted by Crippen LogP contribution is 2.26. The summed E-state index contributed by atoms with van der Waals surface area (Å²) in [6.45, 7) is 0. The molecule has 2 heterocycles. The second-order valence-corrected chi connectivity index (χ2v) is 4.87. The van der Waals surface area contributed by atoms with Gasteiger partial charge in [-0.05, 0) is 24.3 Å². The van der Waals surface area contributed by atoms with Crippen LogP contribution in [0.4, 0.5) is 11.8 Å². The molecule has 3 aromatic rings. The summed E-state index contributed by atoms with van der Waals surface area (Å²) in [5.74, 6) is 6.21. The average Bonchev–Trinajstić information content (AvgIpc) is 2.61. The first kappa shape index (κ1) is 15.0. The molecule has 0 fully saturated rings. The third-order valence-electron chi connectivity index (χ3n) is 3.21. The standard InChI is InChI=1S/C18H12N6/c19-10-13-3-1-5-14(9-13)16-15(17(20)24-18(21)23-16)7-6-12-4-2-8-22-11-12/h1-5,8-9,11H,(H4,20,21,23,24). The minimum atomic E-state index is 0.0526. The van der Waals surface area contributed by atoms with E-state index in [0.29, 0.717) is 22.4 Å². The van der Waals surface area contributed by atoms with Gasteiger partial charge >= 0.3 is 0 Å². The minimum Gasteiger partial charge on any atom is -0.382 e. The summed E-state index contributed by atoms with van der Waals surface area (Å²) in [6.07, 6.45) is 3.32. The van der Waals surface area contributed by atoms with E-state index in [9.17, 15) is 0 Å². The van der Waals surface area contributed by atoms with Crippen molar-refractivity contribution in [2.75, 3.05) is 11.5 Å². The van der Waals surface area contributed by atoms with E-state index in [4.69, 9.17) is 16.7 Å². The Morgan fingerprint density at radius 3 is 2.54 bits per heavy atom. The Hall–Kier alpha value is -3.90. The Morgan fingerprint density at radius 2 is 1.79 bits per heavy atom. The molecule has 0 amide bonds. The molecular weight excluding hydrogens is 300 g/mol. The lowest BCUT2D eigenvalue weighted by Crippen LogP contribution is -2.05. The van der Waals surface area contributed by atoms with Crippen LogP contribution >= 0.6 is 0 Å². The van der Waals surface area contributed by atoms with Crippen molar-refractivity contribution in [2.45, 2.75) is 0 Å². The lowest BCUT2D eigenvalue weighted by Gasteiger charge is -2.07. The quantitative estimate of drug-likeness (QED) is 0.664. The Bertz CT molecular complexity index is 993.